The normalized spacial score (nSPS) is 7.20. The van der Waals surface area contributed by atoms with Crippen LogP contribution in [0.25, 0.3) is 0 Å². The molecule has 0 saturated heterocycles. The summed E-state index contributed by atoms with van der Waals surface area (Å²) in [7, 11) is 0. The molecule has 0 aliphatic rings. The van der Waals surface area contributed by atoms with E-state index in [1.165, 1.54) is 0 Å². The average Bonchev–Trinajstić information content (AvgIpc) is 0.811. The van der Waals surface area contributed by atoms with Crippen molar-refractivity contribution in [2.45, 2.75) is 20.8 Å². The van der Waals surface area contributed by atoms with Gasteiger partial charge in [0.05, 0.1) is 0 Å². The zero-order chi connectivity index (χ0) is 3.58. The molecule has 0 fully saturated rings. The van der Waals surface area contributed by atoms with Gasteiger partial charge < -0.3 is 0 Å². The Morgan fingerprint density at radius 1 is 1.00 bits per heavy atom. The van der Waals surface area contributed by atoms with E-state index in [1.54, 1.807) is 0 Å². The van der Waals surface area contributed by atoms with E-state index in [4.69, 9.17) is 0 Å². The van der Waals surface area contributed by atoms with Crippen LogP contribution in [0.2, 0.25) is 0 Å². The molecule has 0 saturated carbocycles. The topological polar surface area (TPSA) is 0 Å². The molecule has 0 nitrogen and oxygen atoms in total. The van der Waals surface area contributed by atoms with E-state index in [1.807, 2.05) is 0 Å². The molecule has 1 heteroatoms. The Balaban J connectivity index is 0. The predicted molar refractivity (Wildman–Crippen MR) is 20.5 cm³/mol. The molecule has 28 valence electrons. The fourth-order valence-electron chi connectivity index (χ4n) is 0. The van der Waals surface area contributed by atoms with Crippen LogP contribution in [-0.4, -0.2) is 0 Å². The van der Waals surface area contributed by atoms with Crippen LogP contribution in [0.4, 0.5) is 0 Å². The molecule has 0 aliphatic carbocycles. The minimum atomic E-state index is 0. The molecule has 0 N–H and O–H groups in total. The molecule has 0 amide bonds. The minimum absolute atomic E-state index is 0. The third kappa shape index (κ3) is 49.4. The predicted octanol–water partition coefficient (Wildman–Crippen LogP) is 1.66. The zero-order valence-electron chi connectivity index (χ0n) is 4.28. The number of hydrogen-bond acceptors (Lipinski definition) is 0. The van der Waals surface area contributed by atoms with Crippen LogP contribution in [-0.2, 0) is 27.3 Å². The van der Waals surface area contributed by atoms with Crippen LogP contribution < -0.4 is 0 Å². The van der Waals surface area contributed by atoms with Crippen molar-refractivity contribution >= 4 is 0 Å². The summed E-state index contributed by atoms with van der Waals surface area (Å²) in [5.41, 5.74) is 0. The maximum Gasteiger partial charge on any atom is 0 e. The van der Waals surface area contributed by atoms with Gasteiger partial charge in [0.15, 0.2) is 0 Å². The third-order valence-electron chi connectivity index (χ3n) is 0. The van der Waals surface area contributed by atoms with E-state index in [0.29, 0.717) is 0 Å². The molecule has 0 unspecified atom stereocenters. The summed E-state index contributed by atoms with van der Waals surface area (Å²) in [6.07, 6.45) is 0. The van der Waals surface area contributed by atoms with Crippen LogP contribution in [0, 0.1) is 5.92 Å². The van der Waals surface area contributed by atoms with Crippen molar-refractivity contribution in [1.82, 2.24) is 0 Å². The van der Waals surface area contributed by atoms with Gasteiger partial charge in [0.2, 0.25) is 0 Å². The van der Waals surface area contributed by atoms with E-state index in [0.717, 1.165) is 5.92 Å². The second kappa shape index (κ2) is 4.92. The van der Waals surface area contributed by atoms with Gasteiger partial charge in [0, 0.05) is 27.3 Å². The summed E-state index contributed by atoms with van der Waals surface area (Å²) < 4.78 is 0. The molecule has 0 atom stereocenters. The molecule has 0 aromatic rings. The monoisotopic (exact) mass is 172 g/mol. The maximum absolute atomic E-state index is 2.17. The summed E-state index contributed by atoms with van der Waals surface area (Å²) in [5.74, 6) is 0.833. The molecule has 5 heavy (non-hydrogen) atoms. The van der Waals surface area contributed by atoms with E-state index in [9.17, 15) is 0 Å². The summed E-state index contributed by atoms with van der Waals surface area (Å²) in [5, 5.41) is 0. The molecule has 0 bridgehead atoms. The van der Waals surface area contributed by atoms with Gasteiger partial charge in [-0.1, -0.05) is 20.8 Å². The molecule has 0 rings (SSSR count). The molecule has 0 aromatic heterocycles. The van der Waals surface area contributed by atoms with Crippen molar-refractivity contribution in [2.75, 3.05) is 0 Å². The van der Waals surface area contributed by atoms with Crippen molar-refractivity contribution in [2.24, 2.45) is 5.92 Å². The second-order valence-electron chi connectivity index (χ2n) is 1.73. The maximum atomic E-state index is 2.17. The van der Waals surface area contributed by atoms with Gasteiger partial charge in [0.1, 0.15) is 0 Å². The zero-order valence-corrected chi connectivity index (χ0v) is 8.32. The molecular formula is C4H10Cd. The smallest absolute Gasteiger partial charge is 0 e. The average molecular weight is 171 g/mol. The van der Waals surface area contributed by atoms with Crippen LogP contribution in [0.3, 0.4) is 0 Å². The third-order valence-corrected chi connectivity index (χ3v) is 0. The largest absolute Gasteiger partial charge is 0.0630 e. The number of rotatable bonds is 0. The summed E-state index contributed by atoms with van der Waals surface area (Å²) in [4.78, 5) is 0. The first-order valence-electron chi connectivity index (χ1n) is 1.73. The van der Waals surface area contributed by atoms with Crippen molar-refractivity contribution in [3.63, 3.8) is 0 Å². The standard InChI is InChI=1S/C4H10.Cd/c1-4(2)3;/h4H,1-3H3;. The van der Waals surface area contributed by atoms with Gasteiger partial charge in [-0.25, -0.2) is 0 Å². The van der Waals surface area contributed by atoms with E-state index in [-0.39, 0.29) is 27.3 Å². The van der Waals surface area contributed by atoms with E-state index in [2.05, 4.69) is 20.8 Å². The first-order valence-corrected chi connectivity index (χ1v) is 1.73. The van der Waals surface area contributed by atoms with Crippen LogP contribution in [0.1, 0.15) is 20.8 Å². The Bertz CT molecular complexity index is 8.36. The quantitative estimate of drug-likeness (QED) is 0.485. The van der Waals surface area contributed by atoms with Crippen molar-refractivity contribution in [3.05, 3.63) is 0 Å². The Hall–Kier alpha value is 0.922. The number of hydrogen-bond donors (Lipinski definition) is 0. The molecular weight excluding hydrogens is 160 g/mol. The Kier molecular flexibility index (Phi) is 9.18. The minimum Gasteiger partial charge on any atom is -0.0630 e. The van der Waals surface area contributed by atoms with Gasteiger partial charge in [0.25, 0.3) is 0 Å². The van der Waals surface area contributed by atoms with Crippen LogP contribution in [0.15, 0.2) is 0 Å². The van der Waals surface area contributed by atoms with Gasteiger partial charge >= 0.3 is 0 Å². The molecule has 0 aromatic carbocycles. The Morgan fingerprint density at radius 2 is 1.00 bits per heavy atom. The van der Waals surface area contributed by atoms with Crippen molar-refractivity contribution < 1.29 is 27.3 Å². The molecule has 0 radical (unpaired) electrons. The second-order valence-corrected chi connectivity index (χ2v) is 1.73. The SMILES string of the molecule is CC(C)C.[Cd]. The van der Waals surface area contributed by atoms with Crippen molar-refractivity contribution in [3.8, 4) is 0 Å². The first-order chi connectivity index (χ1) is 1.73. The summed E-state index contributed by atoms with van der Waals surface area (Å²) >= 11 is 0. The van der Waals surface area contributed by atoms with Crippen molar-refractivity contribution in [1.29, 1.82) is 0 Å². The van der Waals surface area contributed by atoms with E-state index >= 15 is 0 Å². The first kappa shape index (κ1) is 9.33. The van der Waals surface area contributed by atoms with Gasteiger partial charge in [-0.15, -0.1) is 0 Å². The fraction of sp³-hybridized carbons (Fsp3) is 1.00. The van der Waals surface area contributed by atoms with Gasteiger partial charge in [-0.05, 0) is 5.92 Å². The van der Waals surface area contributed by atoms with Crippen LogP contribution in [0.5, 0.6) is 0 Å². The van der Waals surface area contributed by atoms with Gasteiger partial charge in [-0.2, -0.15) is 0 Å². The Labute approximate surface area is 54.1 Å². The molecule has 0 heterocycles. The van der Waals surface area contributed by atoms with E-state index < -0.39 is 0 Å². The Morgan fingerprint density at radius 3 is 1.00 bits per heavy atom. The van der Waals surface area contributed by atoms with Gasteiger partial charge in [-0.3, -0.25) is 0 Å². The van der Waals surface area contributed by atoms with Crippen LogP contribution >= 0.6 is 0 Å². The fourth-order valence-corrected chi connectivity index (χ4v) is 0. The summed E-state index contributed by atoms with van der Waals surface area (Å²) in [6, 6.07) is 0. The summed E-state index contributed by atoms with van der Waals surface area (Å²) in [6.45, 7) is 6.50. The molecule has 0 spiro atoms. The molecule has 0 aliphatic heterocycles.